The lowest BCUT2D eigenvalue weighted by molar-refractivity contribution is -0.140. The molecule has 1 fully saturated rings. The van der Waals surface area contributed by atoms with Crippen molar-refractivity contribution in [3.05, 3.63) is 71.8 Å². The van der Waals surface area contributed by atoms with Crippen molar-refractivity contribution >= 4 is 41.0 Å². The number of aryl methyl sites for hydroxylation is 1. The Bertz CT molecular complexity index is 930. The topological polar surface area (TPSA) is 63.0 Å². The molecule has 0 spiro atoms. The van der Waals surface area contributed by atoms with Crippen LogP contribution in [0.25, 0.3) is 6.08 Å². The predicted molar refractivity (Wildman–Crippen MR) is 110 cm³/mol. The van der Waals surface area contributed by atoms with Gasteiger partial charge in [0, 0.05) is 0 Å². The Labute approximate surface area is 168 Å². The van der Waals surface area contributed by atoms with Crippen LogP contribution in [0.15, 0.2) is 64.9 Å². The van der Waals surface area contributed by atoms with Crippen molar-refractivity contribution in [1.82, 2.24) is 4.90 Å². The molecule has 0 bridgehead atoms. The van der Waals surface area contributed by atoms with Gasteiger partial charge in [0.05, 0.1) is 19.1 Å². The third-order valence-corrected chi connectivity index (χ3v) is 4.71. The lowest BCUT2D eigenvalue weighted by atomic mass is 10.1. The van der Waals surface area contributed by atoms with Gasteiger partial charge in [-0.1, -0.05) is 25.1 Å². The number of amides is 1. The number of hydrogen-bond donors (Lipinski definition) is 0. The van der Waals surface area contributed by atoms with Crippen molar-refractivity contribution in [3.63, 3.8) is 0 Å². The average molecular weight is 396 g/mol. The van der Waals surface area contributed by atoms with E-state index in [0.717, 1.165) is 12.0 Å². The normalized spacial score (nSPS) is 15.9. The first-order valence-corrected chi connectivity index (χ1v) is 9.19. The number of allylic oxidation sites excluding steroid dienone is 2. The monoisotopic (exact) mass is 396 g/mol. The van der Waals surface area contributed by atoms with E-state index in [0.29, 0.717) is 11.4 Å². The zero-order valence-electron chi connectivity index (χ0n) is 15.6. The molecule has 1 aliphatic rings. The number of thiocarbonyl (C=S) groups is 1. The Morgan fingerprint density at radius 3 is 2.61 bits per heavy atom. The maximum absolute atomic E-state index is 13.1. The van der Waals surface area contributed by atoms with Crippen molar-refractivity contribution in [2.45, 2.75) is 13.3 Å². The number of nitrogens with zero attached hydrogens (tertiary/aromatic N) is 2. The van der Waals surface area contributed by atoms with Gasteiger partial charge in [-0.05, 0) is 60.6 Å². The molecule has 1 saturated heterocycles. The highest BCUT2D eigenvalue weighted by Crippen LogP contribution is 2.28. The molecule has 0 N–H and O–H groups in total. The van der Waals surface area contributed by atoms with Crippen molar-refractivity contribution in [1.29, 1.82) is 0 Å². The van der Waals surface area contributed by atoms with Crippen molar-refractivity contribution in [2.24, 2.45) is 0 Å². The van der Waals surface area contributed by atoms with Crippen LogP contribution in [-0.4, -0.2) is 35.5 Å². The molecule has 0 saturated carbocycles. The van der Waals surface area contributed by atoms with E-state index in [1.54, 1.807) is 36.6 Å². The molecule has 0 aliphatic carbocycles. The first-order valence-electron chi connectivity index (χ1n) is 8.78. The largest absolute Gasteiger partial charge is 0.468 e. The number of anilines is 1. The number of ether oxygens (including phenoxy) is 1. The van der Waals surface area contributed by atoms with E-state index in [-0.39, 0.29) is 23.3 Å². The van der Waals surface area contributed by atoms with Gasteiger partial charge < -0.3 is 14.1 Å². The van der Waals surface area contributed by atoms with Gasteiger partial charge in [-0.25, -0.2) is 0 Å². The zero-order valence-corrected chi connectivity index (χ0v) is 16.4. The lowest BCUT2D eigenvalue weighted by Crippen LogP contribution is -2.35. The summed E-state index contributed by atoms with van der Waals surface area (Å²) in [6.07, 6.45) is 7.48. The summed E-state index contributed by atoms with van der Waals surface area (Å²) in [4.78, 5) is 27.8. The number of hydrogen-bond acceptors (Lipinski definition) is 5. The van der Waals surface area contributed by atoms with Crippen LogP contribution in [0.1, 0.15) is 18.2 Å². The highest BCUT2D eigenvalue weighted by atomic mass is 32.1. The molecule has 0 radical (unpaired) electrons. The van der Waals surface area contributed by atoms with Gasteiger partial charge in [0.15, 0.2) is 5.11 Å². The summed E-state index contributed by atoms with van der Waals surface area (Å²) in [7, 11) is 1.30. The van der Waals surface area contributed by atoms with Crippen molar-refractivity contribution < 1.29 is 18.7 Å². The second kappa shape index (κ2) is 8.67. The van der Waals surface area contributed by atoms with Crippen LogP contribution in [0, 0.1) is 0 Å². The lowest BCUT2D eigenvalue weighted by Gasteiger charge is -2.19. The molecule has 0 unspecified atom stereocenters. The summed E-state index contributed by atoms with van der Waals surface area (Å²) in [6.45, 7) is 1.91. The van der Waals surface area contributed by atoms with Gasteiger partial charge >= 0.3 is 5.97 Å². The maximum atomic E-state index is 13.1. The molecular formula is C21H20N2O4S. The summed E-state index contributed by atoms with van der Waals surface area (Å²) in [5, 5.41) is 0.234. The molecule has 1 aromatic heterocycles. The summed E-state index contributed by atoms with van der Waals surface area (Å²) in [5.41, 5.74) is 2.10. The van der Waals surface area contributed by atoms with Gasteiger partial charge in [-0.2, -0.15) is 0 Å². The first kappa shape index (κ1) is 19.6. The Morgan fingerprint density at radius 2 is 2.00 bits per heavy atom. The van der Waals surface area contributed by atoms with Gasteiger partial charge in [-0.3, -0.25) is 14.5 Å². The summed E-state index contributed by atoms with van der Waals surface area (Å²) in [5.74, 6) is -0.141. The van der Waals surface area contributed by atoms with Crippen LogP contribution in [0.3, 0.4) is 0 Å². The van der Waals surface area contributed by atoms with Crippen LogP contribution in [0.5, 0.6) is 0 Å². The fraction of sp³-hybridized carbons (Fsp3) is 0.190. The van der Waals surface area contributed by atoms with Gasteiger partial charge in [-0.15, -0.1) is 0 Å². The quantitative estimate of drug-likeness (QED) is 0.423. The van der Waals surface area contributed by atoms with Gasteiger partial charge in [0.1, 0.15) is 18.0 Å². The fourth-order valence-corrected chi connectivity index (χ4v) is 3.13. The summed E-state index contributed by atoms with van der Waals surface area (Å²) < 4.78 is 9.99. The molecule has 144 valence electrons. The SMILES string of the molecule is CCc1ccc(N2C(=O)/C(=C/C=C/c3ccco3)N(CC(=O)OC)C2=S)cc1. The molecule has 1 aromatic carbocycles. The molecule has 7 heteroatoms. The molecule has 1 amide bonds. The minimum Gasteiger partial charge on any atom is -0.468 e. The number of benzene rings is 1. The smallest absolute Gasteiger partial charge is 0.325 e. The number of esters is 1. The fourth-order valence-electron chi connectivity index (χ4n) is 2.78. The van der Waals surface area contributed by atoms with E-state index >= 15 is 0 Å². The average Bonchev–Trinajstić information content (AvgIpc) is 3.30. The summed E-state index contributed by atoms with van der Waals surface area (Å²) in [6, 6.07) is 11.2. The van der Waals surface area contributed by atoms with Crippen LogP contribution >= 0.6 is 12.2 Å². The maximum Gasteiger partial charge on any atom is 0.325 e. The molecular weight excluding hydrogens is 376 g/mol. The van der Waals surface area contributed by atoms with Gasteiger partial charge in [0.25, 0.3) is 5.91 Å². The van der Waals surface area contributed by atoms with Crippen molar-refractivity contribution in [3.8, 4) is 0 Å². The minimum atomic E-state index is -0.487. The predicted octanol–water partition coefficient (Wildman–Crippen LogP) is 3.55. The Hall–Kier alpha value is -3.19. The number of furan rings is 1. The van der Waals surface area contributed by atoms with Crippen LogP contribution in [0.2, 0.25) is 0 Å². The van der Waals surface area contributed by atoms with E-state index < -0.39 is 5.97 Å². The first-order chi connectivity index (χ1) is 13.5. The molecule has 2 aromatic rings. The third-order valence-electron chi connectivity index (χ3n) is 4.31. The molecule has 28 heavy (non-hydrogen) atoms. The number of methoxy groups -OCH3 is 1. The van der Waals surface area contributed by atoms with Crippen LogP contribution in [0.4, 0.5) is 5.69 Å². The summed E-state index contributed by atoms with van der Waals surface area (Å²) >= 11 is 5.50. The Balaban J connectivity index is 1.93. The molecule has 3 rings (SSSR count). The Kier molecular flexibility index (Phi) is 6.06. The zero-order chi connectivity index (χ0) is 20.1. The molecule has 2 heterocycles. The number of carbonyl (C=O) groups is 2. The van der Waals surface area contributed by atoms with E-state index in [1.165, 1.54) is 16.9 Å². The second-order valence-corrected chi connectivity index (χ2v) is 6.40. The van der Waals surface area contributed by atoms with E-state index in [1.807, 2.05) is 24.3 Å². The number of carbonyl (C=O) groups excluding carboxylic acids is 2. The third kappa shape index (κ3) is 4.04. The minimum absolute atomic E-state index is 0.148. The van der Waals surface area contributed by atoms with Crippen molar-refractivity contribution in [2.75, 3.05) is 18.6 Å². The molecule has 0 atom stereocenters. The molecule has 1 aliphatic heterocycles. The van der Waals surface area contributed by atoms with Crippen LogP contribution < -0.4 is 4.90 Å². The van der Waals surface area contributed by atoms with Crippen LogP contribution in [-0.2, 0) is 20.7 Å². The highest BCUT2D eigenvalue weighted by Gasteiger charge is 2.39. The van der Waals surface area contributed by atoms with E-state index in [2.05, 4.69) is 6.92 Å². The van der Waals surface area contributed by atoms with E-state index in [4.69, 9.17) is 21.4 Å². The standard InChI is InChI=1S/C21H20N2O4S/c1-3-15-9-11-16(12-10-15)23-20(25)18(8-4-6-17-7-5-13-27-17)22(21(23)28)14-19(24)26-2/h4-13H,3,14H2,1-2H3/b6-4+,18-8-. The van der Waals surface area contributed by atoms with Gasteiger partial charge in [0.2, 0.25) is 0 Å². The van der Waals surface area contributed by atoms with E-state index in [9.17, 15) is 9.59 Å². The number of rotatable bonds is 6. The highest BCUT2D eigenvalue weighted by molar-refractivity contribution is 7.80. The second-order valence-electron chi connectivity index (χ2n) is 6.03. The molecule has 6 nitrogen and oxygen atoms in total. The Morgan fingerprint density at radius 1 is 1.25 bits per heavy atom.